The van der Waals surface area contributed by atoms with Gasteiger partial charge in [-0.2, -0.15) is 0 Å². The van der Waals surface area contributed by atoms with Crippen molar-refractivity contribution in [1.29, 1.82) is 0 Å². The van der Waals surface area contributed by atoms with Gasteiger partial charge in [0.1, 0.15) is 0 Å². The molecule has 2 aromatic heterocycles. The molecule has 3 aliphatic carbocycles. The Hall–Kier alpha value is -5.99. The first-order valence-corrected chi connectivity index (χ1v) is 18.0. The normalized spacial score (nSPS) is 17.4. The summed E-state index contributed by atoms with van der Waals surface area (Å²) in [5.74, 6) is 0.622. The Morgan fingerprint density at radius 3 is 2.02 bits per heavy atom. The molecule has 2 unspecified atom stereocenters. The number of benzene rings is 5. The summed E-state index contributed by atoms with van der Waals surface area (Å²) in [5.41, 5.74) is 17.8. The van der Waals surface area contributed by atoms with Crippen molar-refractivity contribution >= 4 is 34.0 Å². The van der Waals surface area contributed by atoms with Crippen LogP contribution in [0, 0.1) is 11.3 Å². The number of hydrogen-bond donors (Lipinski definition) is 0. The molecule has 0 saturated carbocycles. The Bertz CT molecular complexity index is 2600. The van der Waals surface area contributed by atoms with E-state index < -0.39 is 0 Å². The Kier molecular flexibility index (Phi) is 6.60. The van der Waals surface area contributed by atoms with Crippen molar-refractivity contribution < 1.29 is 0 Å². The number of allylic oxidation sites excluding steroid dienone is 6. The van der Waals surface area contributed by atoms with E-state index in [1.165, 1.54) is 77.6 Å². The predicted octanol–water partition coefficient (Wildman–Crippen LogP) is 12.8. The summed E-state index contributed by atoms with van der Waals surface area (Å²) in [7, 11) is 0. The molecule has 0 spiro atoms. The highest BCUT2D eigenvalue weighted by Gasteiger charge is 2.37. The van der Waals surface area contributed by atoms with E-state index in [0.717, 1.165) is 11.3 Å². The van der Waals surface area contributed by atoms with Crippen molar-refractivity contribution in [3.05, 3.63) is 180 Å². The first kappa shape index (κ1) is 29.9. The van der Waals surface area contributed by atoms with Crippen LogP contribution in [-0.2, 0) is 0 Å². The van der Waals surface area contributed by atoms with E-state index in [4.69, 9.17) is 0 Å². The second-order valence-corrected chi connectivity index (χ2v) is 15.2. The molecule has 244 valence electrons. The minimum Gasteiger partial charge on any atom is -0.309 e. The molecular weight excluding hydrogens is 617 g/mol. The quantitative estimate of drug-likeness (QED) is 0.185. The summed E-state index contributed by atoms with van der Waals surface area (Å²) in [6.45, 7) is 6.97. The maximum Gasteiger partial charge on any atom is 0.0701 e. The number of pyridine rings is 1. The maximum absolute atomic E-state index is 4.61. The number of aromatic nitrogens is 2. The van der Waals surface area contributed by atoms with Crippen LogP contribution in [0.25, 0.3) is 73.2 Å². The van der Waals surface area contributed by atoms with Gasteiger partial charge in [0.15, 0.2) is 0 Å². The monoisotopic (exact) mass is 654 g/mol. The van der Waals surface area contributed by atoms with Gasteiger partial charge >= 0.3 is 0 Å². The molecule has 7 aromatic rings. The zero-order valence-corrected chi connectivity index (χ0v) is 29.1. The molecular formula is C49H38N2. The van der Waals surface area contributed by atoms with Gasteiger partial charge < -0.3 is 4.57 Å². The second kappa shape index (κ2) is 11.3. The molecule has 0 bridgehead atoms. The average molecular weight is 655 g/mol. The third-order valence-electron chi connectivity index (χ3n) is 11.1. The Balaban J connectivity index is 1.19. The van der Waals surface area contributed by atoms with Crippen molar-refractivity contribution in [3.63, 3.8) is 0 Å². The smallest absolute Gasteiger partial charge is 0.0701 e. The Morgan fingerprint density at radius 2 is 1.29 bits per heavy atom. The van der Waals surface area contributed by atoms with Crippen LogP contribution in [0.4, 0.5) is 0 Å². The second-order valence-electron chi connectivity index (χ2n) is 15.2. The van der Waals surface area contributed by atoms with Crippen molar-refractivity contribution in [3.8, 4) is 39.2 Å². The van der Waals surface area contributed by atoms with Crippen LogP contribution in [0.5, 0.6) is 0 Å². The van der Waals surface area contributed by atoms with E-state index in [1.807, 2.05) is 18.3 Å². The van der Waals surface area contributed by atoms with Crippen molar-refractivity contribution in [2.45, 2.75) is 26.7 Å². The molecule has 3 aliphatic rings. The third-order valence-corrected chi connectivity index (χ3v) is 11.1. The molecule has 10 rings (SSSR count). The van der Waals surface area contributed by atoms with Crippen LogP contribution in [0.15, 0.2) is 163 Å². The van der Waals surface area contributed by atoms with E-state index in [2.05, 4.69) is 176 Å². The zero-order valence-electron chi connectivity index (χ0n) is 29.1. The lowest BCUT2D eigenvalue weighted by atomic mass is 9.64. The SMILES string of the molecule is CC(C)(C)C1=CC2C=Cc3c(-c4cccc(-n5c6ccccc6c6ccccc65)c4)cc(-c4ccc(-c5ccccn5)cc4)c4c3C2C(=C1)C=C4. The predicted molar refractivity (Wildman–Crippen MR) is 215 cm³/mol. The molecule has 2 nitrogen and oxygen atoms in total. The molecule has 0 amide bonds. The molecule has 51 heavy (non-hydrogen) atoms. The van der Waals surface area contributed by atoms with E-state index in [1.54, 1.807) is 0 Å². The number of rotatable bonds is 4. The van der Waals surface area contributed by atoms with Gasteiger partial charge in [0.2, 0.25) is 0 Å². The van der Waals surface area contributed by atoms with Gasteiger partial charge in [-0.05, 0) is 98.0 Å². The van der Waals surface area contributed by atoms with Gasteiger partial charge in [0.25, 0.3) is 0 Å². The summed E-state index contributed by atoms with van der Waals surface area (Å²) >= 11 is 0. The Labute approximate surface area is 299 Å². The van der Waals surface area contributed by atoms with Gasteiger partial charge in [0.05, 0.1) is 16.7 Å². The lowest BCUT2D eigenvalue weighted by molar-refractivity contribution is 0.499. The van der Waals surface area contributed by atoms with E-state index in [9.17, 15) is 0 Å². The van der Waals surface area contributed by atoms with E-state index in [-0.39, 0.29) is 5.41 Å². The van der Waals surface area contributed by atoms with Crippen LogP contribution >= 0.6 is 0 Å². The number of para-hydroxylation sites is 2. The van der Waals surface area contributed by atoms with Gasteiger partial charge in [-0.15, -0.1) is 0 Å². The fraction of sp³-hybridized carbons (Fsp3) is 0.122. The molecule has 0 radical (unpaired) electrons. The van der Waals surface area contributed by atoms with Crippen LogP contribution < -0.4 is 0 Å². The minimum atomic E-state index is 0.0931. The van der Waals surface area contributed by atoms with E-state index in [0.29, 0.717) is 11.8 Å². The number of nitrogens with zero attached hydrogens (tertiary/aromatic N) is 2. The lowest BCUT2D eigenvalue weighted by Crippen LogP contribution is -2.25. The molecule has 2 atom stereocenters. The fourth-order valence-corrected chi connectivity index (χ4v) is 8.65. The van der Waals surface area contributed by atoms with Gasteiger partial charge in [-0.1, -0.05) is 136 Å². The first-order chi connectivity index (χ1) is 24.9. The van der Waals surface area contributed by atoms with Crippen LogP contribution in [0.1, 0.15) is 43.4 Å². The summed E-state index contributed by atoms with van der Waals surface area (Å²) in [4.78, 5) is 4.61. The number of hydrogen-bond acceptors (Lipinski definition) is 1. The molecule has 0 fully saturated rings. The lowest BCUT2D eigenvalue weighted by Gasteiger charge is -2.39. The average Bonchev–Trinajstić information content (AvgIpc) is 3.51. The van der Waals surface area contributed by atoms with Gasteiger partial charge in [-0.25, -0.2) is 0 Å². The van der Waals surface area contributed by atoms with Crippen LogP contribution in [0.3, 0.4) is 0 Å². The highest BCUT2D eigenvalue weighted by atomic mass is 15.0. The van der Waals surface area contributed by atoms with Gasteiger partial charge in [-0.3, -0.25) is 4.98 Å². The Morgan fingerprint density at radius 1 is 0.608 bits per heavy atom. The molecule has 5 aromatic carbocycles. The molecule has 2 heteroatoms. The first-order valence-electron chi connectivity index (χ1n) is 18.0. The largest absolute Gasteiger partial charge is 0.309 e. The summed E-state index contributed by atoms with van der Waals surface area (Å²) in [6, 6.07) is 44.2. The summed E-state index contributed by atoms with van der Waals surface area (Å²) in [6.07, 6.45) is 16.5. The summed E-state index contributed by atoms with van der Waals surface area (Å²) < 4.78 is 2.42. The maximum atomic E-state index is 4.61. The molecule has 0 saturated heterocycles. The topological polar surface area (TPSA) is 17.8 Å². The molecule has 2 heterocycles. The zero-order chi connectivity index (χ0) is 34.3. The summed E-state index contributed by atoms with van der Waals surface area (Å²) in [5, 5.41) is 2.55. The van der Waals surface area contributed by atoms with Crippen LogP contribution in [-0.4, -0.2) is 9.55 Å². The van der Waals surface area contributed by atoms with Crippen LogP contribution in [0.2, 0.25) is 0 Å². The number of fused-ring (bicyclic) bond motifs is 3. The minimum absolute atomic E-state index is 0.0931. The fourth-order valence-electron chi connectivity index (χ4n) is 8.65. The van der Waals surface area contributed by atoms with E-state index >= 15 is 0 Å². The highest BCUT2D eigenvalue weighted by molar-refractivity contribution is 6.09. The highest BCUT2D eigenvalue weighted by Crippen LogP contribution is 2.54. The van der Waals surface area contributed by atoms with Crippen molar-refractivity contribution in [1.82, 2.24) is 9.55 Å². The third kappa shape index (κ3) is 4.74. The molecule has 0 N–H and O–H groups in total. The van der Waals surface area contributed by atoms with Gasteiger partial charge in [0, 0.05) is 40.1 Å². The standard InChI is InChI=1S/C49H38N2/c1-49(2,3)36-27-34-22-24-40-42(31-18-20-32(21-19-31)44-15-8-9-26-50-44)30-43(41-25-23-35(28-36)47(34)48(40)41)33-11-10-12-37(29-33)51-45-16-6-4-13-38(45)39-14-5-7-17-46(39)51/h4-30,35,47H,1-3H3. The van der Waals surface area contributed by atoms with Crippen molar-refractivity contribution in [2.75, 3.05) is 0 Å². The molecule has 0 aliphatic heterocycles. The van der Waals surface area contributed by atoms with Crippen molar-refractivity contribution in [2.24, 2.45) is 11.3 Å².